The maximum absolute atomic E-state index is 10.4. The Hall–Kier alpha value is -2.37. The van der Waals surface area contributed by atoms with Gasteiger partial charge in [-0.3, -0.25) is 0 Å². The Morgan fingerprint density at radius 2 is 1.30 bits per heavy atom. The van der Waals surface area contributed by atoms with Crippen LogP contribution in [0.5, 0.6) is 0 Å². The van der Waals surface area contributed by atoms with E-state index in [1.807, 2.05) is 0 Å². The third-order valence-corrected chi connectivity index (χ3v) is 3.00. The van der Waals surface area contributed by atoms with Gasteiger partial charge in [0, 0.05) is 0 Å². The molecule has 3 heterocycles. The summed E-state index contributed by atoms with van der Waals surface area (Å²) in [5, 5.41) is 20.7. The van der Waals surface area contributed by atoms with E-state index in [0.29, 0.717) is 0 Å². The number of ether oxygens (including phenoxy) is 2. The van der Waals surface area contributed by atoms with Crippen molar-refractivity contribution in [3.05, 3.63) is 78.6 Å². The lowest BCUT2D eigenvalue weighted by Gasteiger charge is -2.28. The maximum atomic E-state index is 10.4. The minimum absolute atomic E-state index is 0.260. The van der Waals surface area contributed by atoms with Gasteiger partial charge in [-0.1, -0.05) is 18.2 Å². The summed E-state index contributed by atoms with van der Waals surface area (Å²) in [6, 6.07) is 4.89. The molecular formula is C15H13NO4. The molecule has 0 aliphatic carbocycles. The van der Waals surface area contributed by atoms with E-state index in [4.69, 9.17) is 9.47 Å². The van der Waals surface area contributed by atoms with E-state index in [9.17, 15) is 10.2 Å². The van der Waals surface area contributed by atoms with Gasteiger partial charge >= 0.3 is 0 Å². The smallest absolute Gasteiger partial charge is 0.271 e. The summed E-state index contributed by atoms with van der Waals surface area (Å²) in [6.07, 6.45) is 12.3. The molecule has 0 amide bonds. The Morgan fingerprint density at radius 3 is 1.70 bits per heavy atom. The first-order chi connectivity index (χ1) is 9.62. The van der Waals surface area contributed by atoms with Gasteiger partial charge in [0.2, 0.25) is 0 Å². The molecule has 0 spiro atoms. The number of hydrogen-bond donors (Lipinski definition) is 2. The first kappa shape index (κ1) is 12.7. The number of pyridine rings is 1. The Kier molecular flexibility index (Phi) is 2.93. The van der Waals surface area contributed by atoms with Crippen molar-refractivity contribution in [1.29, 1.82) is 0 Å². The minimum Gasteiger partial charge on any atom is -0.461 e. The molecule has 2 unspecified atom stereocenters. The topological polar surface area (TPSA) is 71.8 Å². The molecule has 1 aromatic rings. The van der Waals surface area contributed by atoms with Crippen LogP contribution in [-0.4, -0.2) is 15.2 Å². The summed E-state index contributed by atoms with van der Waals surface area (Å²) in [6.45, 7) is 0. The largest absolute Gasteiger partial charge is 0.461 e. The van der Waals surface area contributed by atoms with Crippen LogP contribution in [0.4, 0.5) is 0 Å². The molecule has 2 atom stereocenters. The van der Waals surface area contributed by atoms with Crippen LogP contribution < -0.4 is 0 Å². The van der Waals surface area contributed by atoms with E-state index >= 15 is 0 Å². The summed E-state index contributed by atoms with van der Waals surface area (Å²) in [4.78, 5) is 4.24. The zero-order valence-corrected chi connectivity index (χ0v) is 10.5. The standard InChI is InChI=1S/C15H13NO4/c17-14(8-1-3-10-19-14)12-6-5-7-13(16-12)15(18)9-2-4-11-20-15/h1-11,17-18H. The molecule has 0 bridgehead atoms. The van der Waals surface area contributed by atoms with Crippen molar-refractivity contribution in [3.8, 4) is 0 Å². The lowest BCUT2D eigenvalue weighted by Crippen LogP contribution is -2.31. The third kappa shape index (κ3) is 2.13. The Labute approximate surface area is 115 Å². The first-order valence-electron chi connectivity index (χ1n) is 6.10. The molecule has 0 radical (unpaired) electrons. The molecule has 0 fully saturated rings. The van der Waals surface area contributed by atoms with Crippen LogP contribution in [0.15, 0.2) is 67.2 Å². The fourth-order valence-electron chi connectivity index (χ4n) is 1.95. The summed E-state index contributed by atoms with van der Waals surface area (Å²) in [5.74, 6) is -3.29. The number of rotatable bonds is 2. The van der Waals surface area contributed by atoms with E-state index in [1.165, 1.54) is 24.7 Å². The first-order valence-corrected chi connectivity index (χ1v) is 6.10. The monoisotopic (exact) mass is 271 g/mol. The van der Waals surface area contributed by atoms with Crippen LogP contribution in [0.2, 0.25) is 0 Å². The summed E-state index contributed by atoms with van der Waals surface area (Å²) < 4.78 is 10.4. The van der Waals surface area contributed by atoms with Gasteiger partial charge in [0.1, 0.15) is 11.4 Å². The van der Waals surface area contributed by atoms with E-state index in [1.54, 1.807) is 42.5 Å². The average molecular weight is 271 g/mol. The fourth-order valence-corrected chi connectivity index (χ4v) is 1.95. The molecule has 2 aliphatic heterocycles. The van der Waals surface area contributed by atoms with Crippen LogP contribution >= 0.6 is 0 Å². The molecule has 2 aliphatic rings. The van der Waals surface area contributed by atoms with Gasteiger partial charge in [-0.05, 0) is 36.4 Å². The molecular weight excluding hydrogens is 258 g/mol. The predicted molar refractivity (Wildman–Crippen MR) is 70.8 cm³/mol. The SMILES string of the molecule is OC1(c2cccc(C3(O)C=CC=CO3)n2)C=CC=CO1. The molecule has 5 heteroatoms. The summed E-state index contributed by atoms with van der Waals surface area (Å²) >= 11 is 0. The van der Waals surface area contributed by atoms with E-state index in [-0.39, 0.29) is 11.4 Å². The lowest BCUT2D eigenvalue weighted by atomic mass is 10.1. The van der Waals surface area contributed by atoms with Crippen molar-refractivity contribution in [2.75, 3.05) is 0 Å². The highest BCUT2D eigenvalue weighted by molar-refractivity contribution is 5.28. The lowest BCUT2D eigenvalue weighted by molar-refractivity contribution is -0.146. The Morgan fingerprint density at radius 1 is 0.800 bits per heavy atom. The zero-order chi connectivity index (χ0) is 14.1. The molecule has 20 heavy (non-hydrogen) atoms. The molecule has 0 saturated carbocycles. The van der Waals surface area contributed by atoms with E-state index in [0.717, 1.165) is 0 Å². The highest BCUT2D eigenvalue weighted by Crippen LogP contribution is 2.30. The molecule has 2 N–H and O–H groups in total. The van der Waals surface area contributed by atoms with Gasteiger partial charge in [0.15, 0.2) is 0 Å². The van der Waals surface area contributed by atoms with Crippen molar-refractivity contribution in [2.24, 2.45) is 0 Å². The number of allylic oxidation sites excluding steroid dienone is 4. The normalized spacial score (nSPS) is 30.9. The second-order valence-electron chi connectivity index (χ2n) is 4.41. The van der Waals surface area contributed by atoms with E-state index in [2.05, 4.69) is 4.98 Å². The summed E-state index contributed by atoms with van der Waals surface area (Å²) in [5.41, 5.74) is 0.520. The van der Waals surface area contributed by atoms with Crippen molar-refractivity contribution >= 4 is 0 Å². The second-order valence-corrected chi connectivity index (χ2v) is 4.41. The molecule has 3 rings (SSSR count). The van der Waals surface area contributed by atoms with Gasteiger partial charge in [-0.2, -0.15) is 0 Å². The molecule has 0 saturated heterocycles. The van der Waals surface area contributed by atoms with Crippen LogP contribution in [0.1, 0.15) is 11.4 Å². The van der Waals surface area contributed by atoms with Gasteiger partial charge < -0.3 is 19.7 Å². The maximum Gasteiger partial charge on any atom is 0.271 e. The van der Waals surface area contributed by atoms with Crippen LogP contribution in [-0.2, 0) is 21.0 Å². The van der Waals surface area contributed by atoms with Crippen LogP contribution in [0, 0.1) is 0 Å². The van der Waals surface area contributed by atoms with Crippen molar-refractivity contribution in [3.63, 3.8) is 0 Å². The van der Waals surface area contributed by atoms with Gasteiger partial charge in [0.25, 0.3) is 11.6 Å². The molecule has 1 aromatic heterocycles. The Balaban J connectivity index is 1.98. The van der Waals surface area contributed by atoms with Crippen molar-refractivity contribution in [2.45, 2.75) is 11.6 Å². The number of hydrogen-bond acceptors (Lipinski definition) is 5. The van der Waals surface area contributed by atoms with Crippen LogP contribution in [0.3, 0.4) is 0 Å². The summed E-state index contributed by atoms with van der Waals surface area (Å²) in [7, 11) is 0. The number of aromatic nitrogens is 1. The molecule has 102 valence electrons. The zero-order valence-electron chi connectivity index (χ0n) is 10.5. The molecule has 0 aromatic carbocycles. The van der Waals surface area contributed by atoms with Gasteiger partial charge in [-0.15, -0.1) is 0 Å². The fraction of sp³-hybridized carbons (Fsp3) is 0.133. The minimum atomic E-state index is -1.64. The van der Waals surface area contributed by atoms with Crippen molar-refractivity contribution in [1.82, 2.24) is 4.98 Å². The molecule has 5 nitrogen and oxygen atoms in total. The number of aliphatic hydroxyl groups is 2. The average Bonchev–Trinajstić information content (AvgIpc) is 2.49. The number of nitrogens with zero attached hydrogens (tertiary/aromatic N) is 1. The van der Waals surface area contributed by atoms with Crippen LogP contribution in [0.25, 0.3) is 0 Å². The third-order valence-electron chi connectivity index (χ3n) is 3.00. The van der Waals surface area contributed by atoms with E-state index < -0.39 is 11.6 Å². The van der Waals surface area contributed by atoms with Crippen molar-refractivity contribution < 1.29 is 19.7 Å². The second kappa shape index (κ2) is 4.63. The highest BCUT2D eigenvalue weighted by Gasteiger charge is 2.35. The van der Waals surface area contributed by atoms with Gasteiger partial charge in [-0.25, -0.2) is 4.98 Å². The Bertz CT molecular complexity index is 583. The predicted octanol–water partition coefficient (Wildman–Crippen LogP) is 1.57. The quantitative estimate of drug-likeness (QED) is 0.854. The van der Waals surface area contributed by atoms with Gasteiger partial charge in [0.05, 0.1) is 12.5 Å². The highest BCUT2D eigenvalue weighted by atomic mass is 16.6.